The average Bonchev–Trinajstić information content (AvgIpc) is 3.08. The van der Waals surface area contributed by atoms with E-state index in [-0.39, 0.29) is 17.6 Å². The summed E-state index contributed by atoms with van der Waals surface area (Å²) in [6, 6.07) is -0.292. The number of β-lactam (4-membered cyclic amide) rings is 1. The molecule has 0 unspecified atom stereocenters. The number of aliphatic hydroxyl groups excluding tert-OH is 1. The van der Waals surface area contributed by atoms with Crippen LogP contribution >= 0.6 is 11.3 Å². The van der Waals surface area contributed by atoms with Crippen LogP contribution in [0.4, 0.5) is 0 Å². The van der Waals surface area contributed by atoms with Crippen LogP contribution in [-0.4, -0.2) is 48.5 Å². The van der Waals surface area contributed by atoms with Gasteiger partial charge in [0.1, 0.15) is 16.4 Å². The van der Waals surface area contributed by atoms with Gasteiger partial charge in [-0.3, -0.25) is 9.20 Å². The summed E-state index contributed by atoms with van der Waals surface area (Å²) in [7, 11) is 0. The second-order valence-electron chi connectivity index (χ2n) is 5.57. The molecule has 2 aliphatic heterocycles. The lowest BCUT2D eigenvalue weighted by molar-refractivity contribution is -0.161. The summed E-state index contributed by atoms with van der Waals surface area (Å²) in [6.07, 6.45) is 3.14. The number of amides is 1. The van der Waals surface area contributed by atoms with Crippen molar-refractivity contribution in [1.82, 2.24) is 14.3 Å². The highest BCUT2D eigenvalue weighted by atomic mass is 32.1. The number of carboxylic acids is 1. The van der Waals surface area contributed by atoms with Crippen LogP contribution in [0.15, 0.2) is 23.5 Å². The van der Waals surface area contributed by atoms with Gasteiger partial charge in [0.15, 0.2) is 0 Å². The number of hydrogen-bond acceptors (Lipinski definition) is 5. The molecule has 2 aromatic rings. The standard InChI is InChI=1S/C14H13N3O4S/c1-6(18)10-8-4-7(11(14(20)21)17(8)13(10)19)12-15-5-9-16(12)2-3-22-9/h2-3,5-6,8,10,18H,4H2,1H3,(H,20,21)/t6-,8-,10-/m1/s1. The maximum Gasteiger partial charge on any atom is 0.353 e. The molecule has 22 heavy (non-hydrogen) atoms. The zero-order chi connectivity index (χ0) is 15.6. The lowest BCUT2D eigenvalue weighted by Crippen LogP contribution is -2.61. The van der Waals surface area contributed by atoms with Gasteiger partial charge in [-0.05, 0) is 6.92 Å². The smallest absolute Gasteiger partial charge is 0.353 e. The first kappa shape index (κ1) is 13.5. The summed E-state index contributed by atoms with van der Waals surface area (Å²) in [5.74, 6) is -1.45. The molecule has 4 rings (SSSR count). The monoisotopic (exact) mass is 319 g/mol. The second-order valence-corrected chi connectivity index (χ2v) is 6.50. The molecule has 2 N–H and O–H groups in total. The summed E-state index contributed by atoms with van der Waals surface area (Å²) >= 11 is 1.51. The molecule has 1 saturated heterocycles. The van der Waals surface area contributed by atoms with Crippen LogP contribution in [0.3, 0.4) is 0 Å². The summed E-state index contributed by atoms with van der Waals surface area (Å²) in [4.78, 5) is 30.3. The fourth-order valence-corrected chi connectivity index (χ4v) is 4.13. The normalized spacial score (nSPS) is 25.5. The summed E-state index contributed by atoms with van der Waals surface area (Å²) in [6.45, 7) is 1.56. The molecule has 0 aromatic carbocycles. The highest BCUT2D eigenvalue weighted by molar-refractivity contribution is 7.15. The number of thiazole rings is 1. The van der Waals surface area contributed by atoms with E-state index in [0.29, 0.717) is 17.8 Å². The SMILES string of the molecule is C[C@@H](O)[C@H]1C(=O)N2C(C(=O)O)=C(c3ncc4sccn34)C[C@H]12. The number of aliphatic carboxylic acids is 1. The first-order valence-corrected chi connectivity index (χ1v) is 7.77. The van der Waals surface area contributed by atoms with E-state index in [1.807, 2.05) is 16.0 Å². The first-order chi connectivity index (χ1) is 10.5. The van der Waals surface area contributed by atoms with E-state index in [4.69, 9.17) is 0 Å². The van der Waals surface area contributed by atoms with Crippen LogP contribution in [0.5, 0.6) is 0 Å². The largest absolute Gasteiger partial charge is 0.477 e. The summed E-state index contributed by atoms with van der Waals surface area (Å²) < 4.78 is 1.83. The molecule has 3 atom stereocenters. The minimum atomic E-state index is -1.14. The van der Waals surface area contributed by atoms with Crippen LogP contribution in [0.25, 0.3) is 10.4 Å². The van der Waals surface area contributed by atoms with E-state index < -0.39 is 18.0 Å². The van der Waals surface area contributed by atoms with E-state index >= 15 is 0 Å². The van der Waals surface area contributed by atoms with Gasteiger partial charge in [-0.25, -0.2) is 9.78 Å². The highest BCUT2D eigenvalue weighted by Gasteiger charge is 2.57. The van der Waals surface area contributed by atoms with Crippen molar-refractivity contribution in [2.24, 2.45) is 5.92 Å². The molecule has 0 spiro atoms. The molecular formula is C14H13N3O4S. The number of hydrogen-bond donors (Lipinski definition) is 2. The van der Waals surface area contributed by atoms with Crippen molar-refractivity contribution in [2.45, 2.75) is 25.5 Å². The molecule has 0 saturated carbocycles. The number of carbonyl (C=O) groups is 2. The maximum atomic E-state index is 12.2. The van der Waals surface area contributed by atoms with Crippen LogP contribution in [0.1, 0.15) is 19.2 Å². The number of aliphatic hydroxyl groups is 1. The Morgan fingerprint density at radius 2 is 2.32 bits per heavy atom. The Morgan fingerprint density at radius 1 is 1.55 bits per heavy atom. The Kier molecular flexibility index (Phi) is 2.70. The van der Waals surface area contributed by atoms with Gasteiger partial charge in [0.25, 0.3) is 0 Å². The first-order valence-electron chi connectivity index (χ1n) is 6.89. The molecular weight excluding hydrogens is 306 g/mol. The molecule has 2 aliphatic rings. The molecule has 8 heteroatoms. The van der Waals surface area contributed by atoms with Crippen LogP contribution in [-0.2, 0) is 9.59 Å². The molecule has 0 aliphatic carbocycles. The van der Waals surface area contributed by atoms with Crippen molar-refractivity contribution < 1.29 is 19.8 Å². The van der Waals surface area contributed by atoms with Crippen molar-refractivity contribution in [2.75, 3.05) is 0 Å². The van der Waals surface area contributed by atoms with E-state index in [1.165, 1.54) is 16.2 Å². The number of imidazole rings is 1. The summed E-state index contributed by atoms with van der Waals surface area (Å²) in [5, 5.41) is 21.2. The van der Waals surface area contributed by atoms with Gasteiger partial charge in [0, 0.05) is 23.6 Å². The molecule has 114 valence electrons. The maximum absolute atomic E-state index is 12.2. The topological polar surface area (TPSA) is 95.1 Å². The predicted octanol–water partition coefficient (Wildman–Crippen LogP) is 0.803. The molecule has 1 fully saturated rings. The summed E-state index contributed by atoms with van der Waals surface area (Å²) in [5.41, 5.74) is 0.540. The Hall–Kier alpha value is -2.19. The highest BCUT2D eigenvalue weighted by Crippen LogP contribution is 2.46. The fraction of sp³-hybridized carbons (Fsp3) is 0.357. The zero-order valence-electron chi connectivity index (χ0n) is 11.6. The molecule has 0 bridgehead atoms. The number of carbonyl (C=O) groups excluding carboxylic acids is 1. The molecule has 4 heterocycles. The third-order valence-corrected chi connectivity index (χ3v) is 5.16. The average molecular weight is 319 g/mol. The predicted molar refractivity (Wildman–Crippen MR) is 78.0 cm³/mol. The second kappa shape index (κ2) is 4.40. The van der Waals surface area contributed by atoms with Gasteiger partial charge in [-0.15, -0.1) is 11.3 Å². The van der Waals surface area contributed by atoms with Gasteiger partial charge in [-0.1, -0.05) is 0 Å². The van der Waals surface area contributed by atoms with E-state index in [2.05, 4.69) is 4.98 Å². The Labute approximate surface area is 129 Å². The Morgan fingerprint density at radius 3 is 3.00 bits per heavy atom. The molecule has 2 aromatic heterocycles. The van der Waals surface area contributed by atoms with E-state index in [0.717, 1.165) is 4.83 Å². The van der Waals surface area contributed by atoms with Gasteiger partial charge < -0.3 is 15.1 Å². The fourth-order valence-electron chi connectivity index (χ4n) is 3.43. The van der Waals surface area contributed by atoms with Crippen LogP contribution < -0.4 is 0 Å². The van der Waals surface area contributed by atoms with E-state index in [9.17, 15) is 19.8 Å². The van der Waals surface area contributed by atoms with Crippen molar-refractivity contribution in [3.05, 3.63) is 29.3 Å². The minimum Gasteiger partial charge on any atom is -0.477 e. The number of rotatable bonds is 3. The number of nitrogens with zero attached hydrogens (tertiary/aromatic N) is 3. The number of fused-ring (bicyclic) bond motifs is 2. The minimum absolute atomic E-state index is 0.00870. The van der Waals surface area contributed by atoms with Crippen LogP contribution in [0, 0.1) is 5.92 Å². The quantitative estimate of drug-likeness (QED) is 0.816. The van der Waals surface area contributed by atoms with Crippen molar-refractivity contribution in [3.8, 4) is 0 Å². The Balaban J connectivity index is 1.84. The number of carboxylic acid groups (broad SMARTS) is 1. The lowest BCUT2D eigenvalue weighted by atomic mass is 9.83. The number of aromatic nitrogens is 2. The van der Waals surface area contributed by atoms with Crippen molar-refractivity contribution >= 4 is 33.6 Å². The third kappa shape index (κ3) is 1.56. The lowest BCUT2D eigenvalue weighted by Gasteiger charge is -2.44. The molecule has 1 amide bonds. The van der Waals surface area contributed by atoms with Crippen molar-refractivity contribution in [3.63, 3.8) is 0 Å². The van der Waals surface area contributed by atoms with Gasteiger partial charge in [0.2, 0.25) is 5.91 Å². The third-order valence-electron chi connectivity index (χ3n) is 4.36. The van der Waals surface area contributed by atoms with Crippen molar-refractivity contribution in [1.29, 1.82) is 0 Å². The molecule has 7 nitrogen and oxygen atoms in total. The van der Waals surface area contributed by atoms with Gasteiger partial charge in [0.05, 0.1) is 24.3 Å². The zero-order valence-corrected chi connectivity index (χ0v) is 12.4. The van der Waals surface area contributed by atoms with Crippen LogP contribution in [0.2, 0.25) is 0 Å². The Bertz CT molecular complexity index is 834. The van der Waals surface area contributed by atoms with Gasteiger partial charge >= 0.3 is 5.97 Å². The molecule has 0 radical (unpaired) electrons. The van der Waals surface area contributed by atoms with Gasteiger partial charge in [-0.2, -0.15) is 0 Å². The van der Waals surface area contributed by atoms with E-state index in [1.54, 1.807) is 13.1 Å².